The highest BCUT2D eigenvalue weighted by Gasteiger charge is 2.32. The molecule has 2 atom stereocenters. The number of hydrogen-bond acceptors (Lipinski definition) is 5. The van der Waals surface area contributed by atoms with Gasteiger partial charge in [-0.05, 0) is 81.3 Å². The second kappa shape index (κ2) is 13.8. The summed E-state index contributed by atoms with van der Waals surface area (Å²) in [5, 5.41) is 2.93. The maximum absolute atomic E-state index is 14.0. The van der Waals surface area contributed by atoms with Crippen molar-refractivity contribution in [2.75, 3.05) is 18.0 Å². The Kier molecular flexibility index (Phi) is 10.8. The number of ether oxygens (including phenoxy) is 1. The number of aryl methyl sites for hydroxylation is 1. The molecule has 0 bridgehead atoms. The van der Waals surface area contributed by atoms with Gasteiger partial charge in [-0.2, -0.15) is 0 Å². The maximum Gasteiger partial charge on any atom is 0.264 e. The quantitative estimate of drug-likeness (QED) is 0.294. The van der Waals surface area contributed by atoms with Crippen LogP contribution in [0.25, 0.3) is 0 Å². The van der Waals surface area contributed by atoms with Gasteiger partial charge in [-0.1, -0.05) is 52.7 Å². The van der Waals surface area contributed by atoms with Gasteiger partial charge in [-0.25, -0.2) is 8.42 Å². The number of nitrogens with one attached hydrogen (secondary N) is 1. The number of carbonyl (C=O) groups is 2. The molecule has 0 aliphatic carbocycles. The van der Waals surface area contributed by atoms with Crippen LogP contribution in [-0.2, 0) is 26.2 Å². The zero-order valence-corrected chi connectivity index (χ0v) is 25.8. The molecule has 3 rings (SSSR count). The highest BCUT2D eigenvalue weighted by Crippen LogP contribution is 2.26. The Bertz CT molecular complexity index is 1410. The first-order valence-corrected chi connectivity index (χ1v) is 15.3. The van der Waals surface area contributed by atoms with Gasteiger partial charge in [-0.15, -0.1) is 0 Å². The van der Waals surface area contributed by atoms with E-state index in [-0.39, 0.29) is 23.4 Å². The average molecular weight is 631 g/mol. The number of anilines is 1. The lowest BCUT2D eigenvalue weighted by molar-refractivity contribution is -0.139. The molecule has 10 heteroatoms. The van der Waals surface area contributed by atoms with Crippen molar-refractivity contribution in [2.45, 2.75) is 57.6 Å². The summed E-state index contributed by atoms with van der Waals surface area (Å²) in [6.07, 6.45) is 0.731. The largest absolute Gasteiger partial charge is 0.497 e. The van der Waals surface area contributed by atoms with Gasteiger partial charge in [-0.3, -0.25) is 13.9 Å². The third-order valence-electron chi connectivity index (χ3n) is 6.66. The summed E-state index contributed by atoms with van der Waals surface area (Å²) in [5.41, 5.74) is 1.98. The number of halogens is 1. The molecule has 0 saturated heterocycles. The third-order valence-corrected chi connectivity index (χ3v) is 8.97. The standard InChI is InChI=1S/C30H36BrN3O5S/c1-6-22(3)32-30(36)23(4)33(19-24-8-7-9-27(18-24)39-5)29(35)20-34(26-14-12-25(31)13-15-26)40(37,38)28-16-10-21(2)11-17-28/h7-18,22-23H,6,19-20H2,1-5H3,(H,32,36)/t22-,23+/m0/s1. The summed E-state index contributed by atoms with van der Waals surface area (Å²) in [7, 11) is -2.56. The van der Waals surface area contributed by atoms with Crippen molar-refractivity contribution in [3.8, 4) is 5.75 Å². The van der Waals surface area contributed by atoms with E-state index in [1.807, 2.05) is 26.8 Å². The molecule has 0 heterocycles. The molecule has 214 valence electrons. The molecule has 3 aromatic rings. The van der Waals surface area contributed by atoms with Gasteiger partial charge in [0.15, 0.2) is 0 Å². The SMILES string of the molecule is CC[C@H](C)NC(=O)[C@@H](C)N(Cc1cccc(OC)c1)C(=O)CN(c1ccc(Br)cc1)S(=O)(=O)c1ccc(C)cc1. The van der Waals surface area contributed by atoms with Gasteiger partial charge in [0.1, 0.15) is 18.3 Å². The number of hydrogen-bond donors (Lipinski definition) is 1. The molecule has 0 aliphatic rings. The fourth-order valence-electron chi connectivity index (χ4n) is 3.99. The average Bonchev–Trinajstić information content (AvgIpc) is 2.94. The molecule has 3 aromatic carbocycles. The second-order valence-corrected chi connectivity index (χ2v) is 12.4. The monoisotopic (exact) mass is 629 g/mol. The normalized spacial score (nSPS) is 12.8. The lowest BCUT2D eigenvalue weighted by atomic mass is 10.1. The molecular formula is C30H36BrN3O5S. The van der Waals surface area contributed by atoms with Crippen molar-refractivity contribution >= 4 is 43.5 Å². The molecule has 0 unspecified atom stereocenters. The summed E-state index contributed by atoms with van der Waals surface area (Å²) in [5.74, 6) is -0.226. The number of sulfonamides is 1. The number of carbonyl (C=O) groups excluding carboxylic acids is 2. The van der Waals surface area contributed by atoms with Crippen LogP contribution in [0.1, 0.15) is 38.3 Å². The van der Waals surface area contributed by atoms with Gasteiger partial charge in [0.05, 0.1) is 17.7 Å². The Morgan fingerprint density at radius 1 is 1.00 bits per heavy atom. The van der Waals surface area contributed by atoms with Gasteiger partial charge in [0.25, 0.3) is 10.0 Å². The highest BCUT2D eigenvalue weighted by atomic mass is 79.9. The third kappa shape index (κ3) is 7.85. The van der Waals surface area contributed by atoms with Crippen molar-refractivity contribution in [2.24, 2.45) is 0 Å². The van der Waals surface area contributed by atoms with Crippen LogP contribution in [0.4, 0.5) is 5.69 Å². The number of benzene rings is 3. The van der Waals surface area contributed by atoms with E-state index in [4.69, 9.17) is 4.74 Å². The summed E-state index contributed by atoms with van der Waals surface area (Å²) in [6.45, 7) is 6.96. The first kappa shape index (κ1) is 31.2. The lowest BCUT2D eigenvalue weighted by Gasteiger charge is -2.32. The molecule has 0 aliphatic heterocycles. The van der Waals surface area contributed by atoms with Crippen LogP contribution in [0, 0.1) is 6.92 Å². The zero-order valence-electron chi connectivity index (χ0n) is 23.4. The Morgan fingerprint density at radius 3 is 2.25 bits per heavy atom. The Balaban J connectivity index is 2.03. The van der Waals surface area contributed by atoms with Crippen LogP contribution >= 0.6 is 15.9 Å². The van der Waals surface area contributed by atoms with Crippen molar-refractivity contribution in [1.82, 2.24) is 10.2 Å². The van der Waals surface area contributed by atoms with Crippen LogP contribution in [0.2, 0.25) is 0 Å². The van der Waals surface area contributed by atoms with E-state index in [1.54, 1.807) is 68.6 Å². The molecule has 40 heavy (non-hydrogen) atoms. The first-order valence-electron chi connectivity index (χ1n) is 13.0. The van der Waals surface area contributed by atoms with Crippen LogP contribution in [0.15, 0.2) is 82.2 Å². The van der Waals surface area contributed by atoms with Crippen molar-refractivity contribution in [3.05, 3.63) is 88.4 Å². The molecular weight excluding hydrogens is 594 g/mol. The first-order chi connectivity index (χ1) is 19.0. The number of rotatable bonds is 12. The topological polar surface area (TPSA) is 96.0 Å². The van der Waals surface area contributed by atoms with E-state index in [0.717, 1.165) is 26.3 Å². The number of amides is 2. The van der Waals surface area contributed by atoms with Crippen LogP contribution in [-0.4, -0.2) is 50.9 Å². The molecule has 0 aromatic heterocycles. The van der Waals surface area contributed by atoms with Gasteiger partial charge >= 0.3 is 0 Å². The smallest absolute Gasteiger partial charge is 0.264 e. The van der Waals surface area contributed by atoms with E-state index in [9.17, 15) is 18.0 Å². The molecule has 1 N–H and O–H groups in total. The molecule has 0 saturated carbocycles. The highest BCUT2D eigenvalue weighted by molar-refractivity contribution is 9.10. The Labute approximate surface area is 245 Å². The van der Waals surface area contributed by atoms with E-state index in [1.165, 1.54) is 17.0 Å². The van der Waals surface area contributed by atoms with E-state index < -0.39 is 28.5 Å². The summed E-state index contributed by atoms with van der Waals surface area (Å²) >= 11 is 3.38. The predicted octanol–water partition coefficient (Wildman–Crippen LogP) is 5.29. The molecule has 0 fully saturated rings. The van der Waals surface area contributed by atoms with Crippen molar-refractivity contribution < 1.29 is 22.7 Å². The van der Waals surface area contributed by atoms with Gasteiger partial charge in [0, 0.05) is 17.1 Å². The number of nitrogens with zero attached hydrogens (tertiary/aromatic N) is 2. The van der Waals surface area contributed by atoms with E-state index >= 15 is 0 Å². The van der Waals surface area contributed by atoms with Crippen LogP contribution in [0.3, 0.4) is 0 Å². The molecule has 2 amide bonds. The minimum absolute atomic E-state index is 0.0655. The van der Waals surface area contributed by atoms with Crippen molar-refractivity contribution in [1.29, 1.82) is 0 Å². The Morgan fingerprint density at radius 2 is 1.65 bits per heavy atom. The molecule has 0 spiro atoms. The molecule has 8 nitrogen and oxygen atoms in total. The second-order valence-electron chi connectivity index (χ2n) is 9.67. The summed E-state index contributed by atoms with van der Waals surface area (Å²) < 4.78 is 34.9. The number of methoxy groups -OCH3 is 1. The van der Waals surface area contributed by atoms with E-state index in [0.29, 0.717) is 11.4 Å². The van der Waals surface area contributed by atoms with Crippen LogP contribution < -0.4 is 14.4 Å². The Hall–Kier alpha value is -3.37. The lowest BCUT2D eigenvalue weighted by Crippen LogP contribution is -2.52. The predicted molar refractivity (Wildman–Crippen MR) is 161 cm³/mol. The summed E-state index contributed by atoms with van der Waals surface area (Å²) in [4.78, 5) is 28.6. The minimum atomic E-state index is -4.11. The molecule has 0 radical (unpaired) electrons. The van der Waals surface area contributed by atoms with Gasteiger partial charge in [0.2, 0.25) is 11.8 Å². The van der Waals surface area contributed by atoms with Crippen molar-refractivity contribution in [3.63, 3.8) is 0 Å². The van der Waals surface area contributed by atoms with Crippen LogP contribution in [0.5, 0.6) is 5.75 Å². The van der Waals surface area contributed by atoms with E-state index in [2.05, 4.69) is 21.2 Å². The van der Waals surface area contributed by atoms with Gasteiger partial charge < -0.3 is 15.0 Å². The fraction of sp³-hybridized carbons (Fsp3) is 0.333. The maximum atomic E-state index is 14.0. The summed E-state index contributed by atoms with van der Waals surface area (Å²) in [6, 6.07) is 19.4. The fourth-order valence-corrected chi connectivity index (χ4v) is 5.67. The zero-order chi connectivity index (χ0) is 29.4. The minimum Gasteiger partial charge on any atom is -0.497 e.